The van der Waals surface area contributed by atoms with Crippen molar-refractivity contribution in [3.8, 4) is 5.75 Å². The van der Waals surface area contributed by atoms with E-state index in [-0.39, 0.29) is 17.7 Å². The number of carbonyl (C=O) groups excluding carboxylic acids is 2. The van der Waals surface area contributed by atoms with E-state index in [0.717, 1.165) is 37.0 Å². The van der Waals surface area contributed by atoms with Gasteiger partial charge < -0.3 is 15.0 Å². The van der Waals surface area contributed by atoms with Crippen LogP contribution in [0.2, 0.25) is 0 Å². The molecule has 0 unspecified atom stereocenters. The molecule has 0 aromatic heterocycles. The Morgan fingerprint density at radius 1 is 1.30 bits per heavy atom. The fraction of sp³-hybridized carbons (Fsp3) is 0.556. The summed E-state index contributed by atoms with van der Waals surface area (Å²) in [5, 5.41) is 2.93. The molecule has 0 atom stereocenters. The molecule has 0 saturated heterocycles. The van der Waals surface area contributed by atoms with E-state index in [2.05, 4.69) is 5.32 Å². The highest BCUT2D eigenvalue weighted by Crippen LogP contribution is 2.26. The van der Waals surface area contributed by atoms with Gasteiger partial charge in [-0.1, -0.05) is 18.6 Å². The first-order chi connectivity index (χ1) is 11.1. The van der Waals surface area contributed by atoms with Crippen molar-refractivity contribution < 1.29 is 14.3 Å². The molecule has 5 heteroatoms. The number of methoxy groups -OCH3 is 1. The highest BCUT2D eigenvalue weighted by atomic mass is 16.5. The normalized spacial score (nSPS) is 14.0. The van der Waals surface area contributed by atoms with Crippen molar-refractivity contribution in [2.75, 3.05) is 26.7 Å². The number of carbonyl (C=O) groups is 2. The Balaban J connectivity index is 1.76. The third-order valence-electron chi connectivity index (χ3n) is 4.41. The Labute approximate surface area is 138 Å². The molecule has 2 rings (SSSR count). The monoisotopic (exact) mass is 318 g/mol. The summed E-state index contributed by atoms with van der Waals surface area (Å²) in [7, 11) is 1.64. The lowest BCUT2D eigenvalue weighted by molar-refractivity contribution is -0.130. The molecular formula is C18H26N2O3. The predicted octanol–water partition coefficient (Wildman–Crippen LogP) is 2.00. The van der Waals surface area contributed by atoms with Crippen LogP contribution in [0, 0.1) is 5.92 Å². The number of ether oxygens (including phenoxy) is 1. The van der Waals surface area contributed by atoms with Crippen molar-refractivity contribution >= 4 is 11.8 Å². The number of nitrogens with zero attached hydrogens (tertiary/aromatic N) is 1. The predicted molar refractivity (Wildman–Crippen MR) is 89.3 cm³/mol. The zero-order valence-electron chi connectivity index (χ0n) is 14.0. The third kappa shape index (κ3) is 5.27. The molecule has 1 aliphatic carbocycles. The van der Waals surface area contributed by atoms with Gasteiger partial charge in [-0.15, -0.1) is 0 Å². The first kappa shape index (κ1) is 17.3. The number of hydrogen-bond acceptors (Lipinski definition) is 3. The van der Waals surface area contributed by atoms with E-state index in [0.29, 0.717) is 19.6 Å². The molecule has 1 aromatic rings. The largest absolute Gasteiger partial charge is 0.497 e. The molecule has 1 aliphatic rings. The lowest BCUT2D eigenvalue weighted by Crippen LogP contribution is -2.41. The van der Waals surface area contributed by atoms with E-state index in [4.69, 9.17) is 4.74 Å². The van der Waals surface area contributed by atoms with Crippen LogP contribution in [0.25, 0.3) is 0 Å². The average Bonchev–Trinajstić information content (AvgIpc) is 2.48. The van der Waals surface area contributed by atoms with E-state index in [9.17, 15) is 9.59 Å². The summed E-state index contributed by atoms with van der Waals surface area (Å²) in [6.45, 7) is 3.28. The Bertz CT molecular complexity index is 541. The van der Waals surface area contributed by atoms with E-state index in [1.165, 1.54) is 0 Å². The Morgan fingerprint density at radius 3 is 2.70 bits per heavy atom. The molecule has 0 heterocycles. The maximum Gasteiger partial charge on any atom is 0.223 e. The number of nitrogens with one attached hydrogen (secondary N) is 1. The van der Waals surface area contributed by atoms with Crippen LogP contribution in [0.1, 0.15) is 31.7 Å². The highest BCUT2D eigenvalue weighted by Gasteiger charge is 2.24. The molecule has 23 heavy (non-hydrogen) atoms. The molecule has 0 radical (unpaired) electrons. The van der Waals surface area contributed by atoms with Gasteiger partial charge in [-0.05, 0) is 37.0 Å². The minimum Gasteiger partial charge on any atom is -0.497 e. The standard InChI is InChI=1S/C18H26N2O3/c1-14(21)20(12-10-19-18(22)16-6-4-7-16)11-9-15-5-3-8-17(13-15)23-2/h3,5,8,13,16H,4,6-7,9-12H2,1-2H3,(H,19,22). The number of benzene rings is 1. The third-order valence-corrected chi connectivity index (χ3v) is 4.41. The molecule has 5 nitrogen and oxygen atoms in total. The van der Waals surface area contributed by atoms with E-state index < -0.39 is 0 Å². The van der Waals surface area contributed by atoms with Gasteiger partial charge in [0.1, 0.15) is 5.75 Å². The van der Waals surface area contributed by atoms with Crippen LogP contribution in [-0.4, -0.2) is 43.5 Å². The minimum absolute atomic E-state index is 0.0331. The van der Waals surface area contributed by atoms with Crippen molar-refractivity contribution in [2.45, 2.75) is 32.6 Å². The average molecular weight is 318 g/mol. The van der Waals surface area contributed by atoms with Gasteiger partial charge in [0.2, 0.25) is 11.8 Å². The summed E-state index contributed by atoms with van der Waals surface area (Å²) in [5.41, 5.74) is 1.13. The van der Waals surface area contributed by atoms with Crippen LogP contribution < -0.4 is 10.1 Å². The second-order valence-corrected chi connectivity index (χ2v) is 6.03. The zero-order chi connectivity index (χ0) is 16.7. The van der Waals surface area contributed by atoms with Crippen LogP contribution in [0.3, 0.4) is 0 Å². The van der Waals surface area contributed by atoms with Gasteiger partial charge in [0.15, 0.2) is 0 Å². The first-order valence-electron chi connectivity index (χ1n) is 8.26. The molecular weight excluding hydrogens is 292 g/mol. The molecule has 0 spiro atoms. The number of rotatable bonds is 8. The lowest BCUT2D eigenvalue weighted by atomic mass is 9.85. The molecule has 126 valence electrons. The topological polar surface area (TPSA) is 58.6 Å². The van der Waals surface area contributed by atoms with Gasteiger partial charge in [0.25, 0.3) is 0 Å². The Kier molecular flexibility index (Phi) is 6.44. The molecule has 1 aromatic carbocycles. The van der Waals surface area contributed by atoms with Gasteiger partial charge in [0.05, 0.1) is 7.11 Å². The SMILES string of the molecule is COc1cccc(CCN(CCNC(=O)C2CCC2)C(C)=O)c1. The summed E-state index contributed by atoms with van der Waals surface area (Å²) < 4.78 is 5.21. The summed E-state index contributed by atoms with van der Waals surface area (Å²) in [6, 6.07) is 7.86. The summed E-state index contributed by atoms with van der Waals surface area (Å²) in [5.74, 6) is 1.18. The fourth-order valence-corrected chi connectivity index (χ4v) is 2.65. The first-order valence-corrected chi connectivity index (χ1v) is 8.26. The van der Waals surface area contributed by atoms with Crippen LogP contribution >= 0.6 is 0 Å². The van der Waals surface area contributed by atoms with Crippen LogP contribution in [0.4, 0.5) is 0 Å². The van der Waals surface area contributed by atoms with Gasteiger partial charge in [-0.3, -0.25) is 9.59 Å². The van der Waals surface area contributed by atoms with E-state index in [1.54, 1.807) is 18.9 Å². The Morgan fingerprint density at radius 2 is 2.09 bits per heavy atom. The summed E-state index contributed by atoms with van der Waals surface area (Å²) >= 11 is 0. The number of hydrogen-bond donors (Lipinski definition) is 1. The van der Waals surface area contributed by atoms with Crippen LogP contribution in [0.15, 0.2) is 24.3 Å². The second-order valence-electron chi connectivity index (χ2n) is 6.03. The zero-order valence-corrected chi connectivity index (χ0v) is 14.0. The van der Waals surface area contributed by atoms with Crippen LogP contribution in [0.5, 0.6) is 5.75 Å². The summed E-state index contributed by atoms with van der Waals surface area (Å²) in [6.07, 6.45) is 3.92. The maximum absolute atomic E-state index is 11.8. The van der Waals surface area contributed by atoms with Crippen LogP contribution in [-0.2, 0) is 16.0 Å². The van der Waals surface area contributed by atoms with Crippen molar-refractivity contribution in [1.29, 1.82) is 0 Å². The summed E-state index contributed by atoms with van der Waals surface area (Å²) in [4.78, 5) is 25.3. The molecule has 1 fully saturated rings. The lowest BCUT2D eigenvalue weighted by Gasteiger charge is -2.25. The quantitative estimate of drug-likeness (QED) is 0.797. The minimum atomic E-state index is 0.0331. The number of amides is 2. The van der Waals surface area contributed by atoms with Crippen molar-refractivity contribution in [1.82, 2.24) is 10.2 Å². The second kappa shape index (κ2) is 8.56. The van der Waals surface area contributed by atoms with Gasteiger partial charge >= 0.3 is 0 Å². The highest BCUT2D eigenvalue weighted by molar-refractivity contribution is 5.79. The van der Waals surface area contributed by atoms with Crippen molar-refractivity contribution in [3.05, 3.63) is 29.8 Å². The van der Waals surface area contributed by atoms with Gasteiger partial charge in [-0.25, -0.2) is 0 Å². The van der Waals surface area contributed by atoms with Crippen molar-refractivity contribution in [3.63, 3.8) is 0 Å². The molecule has 0 aliphatic heterocycles. The Hall–Kier alpha value is -2.04. The van der Waals surface area contributed by atoms with Crippen molar-refractivity contribution in [2.24, 2.45) is 5.92 Å². The smallest absolute Gasteiger partial charge is 0.223 e. The molecule has 1 saturated carbocycles. The molecule has 0 bridgehead atoms. The fourth-order valence-electron chi connectivity index (χ4n) is 2.65. The molecule has 1 N–H and O–H groups in total. The van der Waals surface area contributed by atoms with Gasteiger partial charge in [0, 0.05) is 32.5 Å². The molecule has 2 amide bonds. The maximum atomic E-state index is 11.8. The van der Waals surface area contributed by atoms with Gasteiger partial charge in [-0.2, -0.15) is 0 Å². The van der Waals surface area contributed by atoms with E-state index >= 15 is 0 Å². The van der Waals surface area contributed by atoms with E-state index in [1.807, 2.05) is 24.3 Å².